The van der Waals surface area contributed by atoms with Crippen LogP contribution >= 0.6 is 0 Å². The summed E-state index contributed by atoms with van der Waals surface area (Å²) in [6.45, 7) is 3.06. The van der Waals surface area contributed by atoms with E-state index >= 15 is 0 Å². The number of nitrogens with two attached hydrogens (primary N) is 1. The first-order valence-corrected chi connectivity index (χ1v) is 7.49. The lowest BCUT2D eigenvalue weighted by Gasteiger charge is -2.35. The Morgan fingerprint density at radius 3 is 2.70 bits per heavy atom. The molecule has 112 valence electrons. The van der Waals surface area contributed by atoms with Crippen molar-refractivity contribution < 1.29 is 9.84 Å². The van der Waals surface area contributed by atoms with Crippen molar-refractivity contribution in [1.82, 2.24) is 5.32 Å². The molecule has 0 aliphatic heterocycles. The number of para-hydroxylation sites is 2. The van der Waals surface area contributed by atoms with E-state index < -0.39 is 6.10 Å². The Hall–Kier alpha value is -1.26. The van der Waals surface area contributed by atoms with E-state index in [1.54, 1.807) is 6.07 Å². The summed E-state index contributed by atoms with van der Waals surface area (Å²) in [6, 6.07) is 7.35. The van der Waals surface area contributed by atoms with Crippen LogP contribution in [-0.2, 0) is 0 Å². The van der Waals surface area contributed by atoms with E-state index in [1.165, 1.54) is 32.1 Å². The molecule has 2 rings (SSSR count). The molecule has 1 fully saturated rings. The van der Waals surface area contributed by atoms with Gasteiger partial charge in [0.05, 0.1) is 5.69 Å². The predicted molar refractivity (Wildman–Crippen MR) is 81.8 cm³/mol. The number of ether oxygens (including phenoxy) is 1. The molecule has 0 spiro atoms. The highest BCUT2D eigenvalue weighted by molar-refractivity contribution is 5.51. The van der Waals surface area contributed by atoms with Gasteiger partial charge in [-0.1, -0.05) is 31.4 Å². The Morgan fingerprint density at radius 1 is 1.30 bits per heavy atom. The van der Waals surface area contributed by atoms with Crippen molar-refractivity contribution >= 4 is 5.69 Å². The molecule has 0 bridgehead atoms. The second kappa shape index (κ2) is 6.95. The minimum absolute atomic E-state index is 0.172. The topological polar surface area (TPSA) is 67.5 Å². The first-order chi connectivity index (χ1) is 9.59. The third kappa shape index (κ3) is 4.39. The molecule has 1 aromatic carbocycles. The van der Waals surface area contributed by atoms with Crippen molar-refractivity contribution in [2.75, 3.05) is 18.9 Å². The number of hydrogen-bond donors (Lipinski definition) is 3. The van der Waals surface area contributed by atoms with Gasteiger partial charge in [0, 0.05) is 12.1 Å². The predicted octanol–water partition coefficient (Wildman–Crippen LogP) is 2.32. The molecule has 4 N–H and O–H groups in total. The first-order valence-electron chi connectivity index (χ1n) is 7.49. The summed E-state index contributed by atoms with van der Waals surface area (Å²) in [6.07, 6.45) is 5.73. The van der Waals surface area contributed by atoms with Crippen molar-refractivity contribution in [3.63, 3.8) is 0 Å². The fraction of sp³-hybridized carbons (Fsp3) is 0.625. The zero-order valence-electron chi connectivity index (χ0n) is 12.3. The van der Waals surface area contributed by atoms with Gasteiger partial charge in [0.2, 0.25) is 0 Å². The van der Waals surface area contributed by atoms with Crippen molar-refractivity contribution in [2.45, 2.75) is 50.7 Å². The lowest BCUT2D eigenvalue weighted by Crippen LogP contribution is -2.48. The highest BCUT2D eigenvalue weighted by Gasteiger charge is 2.26. The molecule has 0 radical (unpaired) electrons. The van der Waals surface area contributed by atoms with E-state index in [9.17, 15) is 5.11 Å². The summed E-state index contributed by atoms with van der Waals surface area (Å²) in [7, 11) is 0. The number of benzene rings is 1. The molecule has 0 aromatic heterocycles. The Balaban J connectivity index is 1.73. The van der Waals surface area contributed by atoms with Crippen LogP contribution in [0.5, 0.6) is 5.75 Å². The number of aliphatic hydroxyl groups excluding tert-OH is 1. The first kappa shape index (κ1) is 15.1. The summed E-state index contributed by atoms with van der Waals surface area (Å²) in [4.78, 5) is 0. The number of rotatable bonds is 6. The van der Waals surface area contributed by atoms with E-state index in [2.05, 4.69) is 12.2 Å². The number of nitrogen functional groups attached to an aromatic ring is 1. The van der Waals surface area contributed by atoms with Gasteiger partial charge in [0.25, 0.3) is 0 Å². The number of anilines is 1. The van der Waals surface area contributed by atoms with E-state index in [4.69, 9.17) is 10.5 Å². The van der Waals surface area contributed by atoms with E-state index in [1.807, 2.05) is 18.2 Å². The van der Waals surface area contributed by atoms with Gasteiger partial charge in [0.15, 0.2) is 0 Å². The van der Waals surface area contributed by atoms with Crippen LogP contribution in [0.15, 0.2) is 24.3 Å². The summed E-state index contributed by atoms with van der Waals surface area (Å²) in [5, 5.41) is 13.5. The van der Waals surface area contributed by atoms with Gasteiger partial charge in [-0.25, -0.2) is 0 Å². The smallest absolute Gasteiger partial charge is 0.142 e. The summed E-state index contributed by atoms with van der Waals surface area (Å²) in [5.74, 6) is 0.635. The van der Waals surface area contributed by atoms with Gasteiger partial charge >= 0.3 is 0 Å². The molecule has 20 heavy (non-hydrogen) atoms. The van der Waals surface area contributed by atoms with Crippen LogP contribution in [-0.4, -0.2) is 29.9 Å². The zero-order valence-corrected chi connectivity index (χ0v) is 12.3. The Kier molecular flexibility index (Phi) is 5.26. The van der Waals surface area contributed by atoms with Crippen LogP contribution in [0, 0.1) is 0 Å². The molecule has 1 aliphatic carbocycles. The highest BCUT2D eigenvalue weighted by Crippen LogP contribution is 2.27. The second-order valence-corrected chi connectivity index (χ2v) is 6.00. The summed E-state index contributed by atoms with van der Waals surface area (Å²) < 4.78 is 5.56. The molecule has 4 nitrogen and oxygen atoms in total. The third-order valence-corrected chi connectivity index (χ3v) is 4.07. The molecule has 0 amide bonds. The molecule has 1 aliphatic rings. The molecule has 4 heteroatoms. The zero-order chi connectivity index (χ0) is 14.4. The van der Waals surface area contributed by atoms with Gasteiger partial charge in [-0.05, 0) is 31.9 Å². The minimum atomic E-state index is -0.520. The standard InChI is InChI=1S/C16H26N2O2/c1-16(9-5-2-6-10-16)18-11-13(19)12-20-15-8-4-3-7-14(15)17/h3-4,7-8,13,18-19H,2,5-6,9-12,17H2,1H3. The van der Waals surface area contributed by atoms with E-state index in [0.717, 1.165) is 0 Å². The van der Waals surface area contributed by atoms with E-state index in [0.29, 0.717) is 18.0 Å². The van der Waals surface area contributed by atoms with Crippen LogP contribution in [0.25, 0.3) is 0 Å². The average Bonchev–Trinajstić information content (AvgIpc) is 2.45. The summed E-state index contributed by atoms with van der Waals surface area (Å²) in [5.41, 5.74) is 6.57. The SMILES string of the molecule is CC1(NCC(O)COc2ccccc2N)CCCCC1. The molecule has 0 heterocycles. The fourth-order valence-electron chi connectivity index (χ4n) is 2.73. The minimum Gasteiger partial charge on any atom is -0.489 e. The average molecular weight is 278 g/mol. The number of hydrogen-bond acceptors (Lipinski definition) is 4. The number of β-amino-alcohol motifs (C(OH)–C–C–N with tert-alkyl or cyclic N) is 1. The largest absolute Gasteiger partial charge is 0.489 e. The van der Waals surface area contributed by atoms with Crippen LogP contribution in [0.3, 0.4) is 0 Å². The molecule has 1 saturated carbocycles. The fourth-order valence-corrected chi connectivity index (χ4v) is 2.73. The lowest BCUT2D eigenvalue weighted by atomic mass is 9.83. The van der Waals surface area contributed by atoms with Gasteiger partial charge in [0.1, 0.15) is 18.5 Å². The molecule has 1 aromatic rings. The van der Waals surface area contributed by atoms with Crippen LogP contribution in [0.1, 0.15) is 39.0 Å². The Morgan fingerprint density at radius 2 is 2.00 bits per heavy atom. The van der Waals surface area contributed by atoms with Gasteiger partial charge in [-0.3, -0.25) is 0 Å². The Bertz CT molecular complexity index is 417. The van der Waals surface area contributed by atoms with Crippen molar-refractivity contribution in [1.29, 1.82) is 0 Å². The lowest BCUT2D eigenvalue weighted by molar-refractivity contribution is 0.0934. The molecule has 0 saturated heterocycles. The second-order valence-electron chi connectivity index (χ2n) is 6.00. The quantitative estimate of drug-likeness (QED) is 0.699. The van der Waals surface area contributed by atoms with Crippen LogP contribution in [0.2, 0.25) is 0 Å². The molecular weight excluding hydrogens is 252 g/mol. The normalized spacial score (nSPS) is 19.5. The van der Waals surface area contributed by atoms with Crippen molar-refractivity contribution in [2.24, 2.45) is 0 Å². The van der Waals surface area contributed by atoms with Crippen molar-refractivity contribution in [3.05, 3.63) is 24.3 Å². The van der Waals surface area contributed by atoms with Crippen molar-refractivity contribution in [3.8, 4) is 5.75 Å². The maximum Gasteiger partial charge on any atom is 0.142 e. The van der Waals surface area contributed by atoms with Gasteiger partial charge in [-0.15, -0.1) is 0 Å². The number of aliphatic hydroxyl groups is 1. The van der Waals surface area contributed by atoms with Gasteiger partial charge in [-0.2, -0.15) is 0 Å². The van der Waals surface area contributed by atoms with E-state index in [-0.39, 0.29) is 12.1 Å². The highest BCUT2D eigenvalue weighted by atomic mass is 16.5. The maximum atomic E-state index is 10.0. The molecule has 1 atom stereocenters. The van der Waals surface area contributed by atoms with Gasteiger partial charge < -0.3 is 20.9 Å². The third-order valence-electron chi connectivity index (χ3n) is 4.07. The molecule has 1 unspecified atom stereocenters. The maximum absolute atomic E-state index is 10.0. The summed E-state index contributed by atoms with van der Waals surface area (Å²) >= 11 is 0. The molecular formula is C16H26N2O2. The number of nitrogens with one attached hydrogen (secondary N) is 1. The monoisotopic (exact) mass is 278 g/mol. The Labute approximate surface area is 121 Å². The van der Waals surface area contributed by atoms with Crippen LogP contribution < -0.4 is 15.8 Å². The van der Waals surface area contributed by atoms with Crippen LogP contribution in [0.4, 0.5) is 5.69 Å².